The zero-order chi connectivity index (χ0) is 86.6. The van der Waals surface area contributed by atoms with Crippen LogP contribution in [-0.2, 0) is 32.5 Å². The van der Waals surface area contributed by atoms with Gasteiger partial charge in [0.2, 0.25) is 0 Å². The molecule has 0 atom stereocenters. The molecule has 0 N–H and O–H groups in total. The van der Waals surface area contributed by atoms with Crippen LogP contribution in [0.2, 0.25) is 0 Å². The summed E-state index contributed by atoms with van der Waals surface area (Å²) < 4.78 is 6.30. The Morgan fingerprint density at radius 2 is 0.562 bits per heavy atom. The third-order valence-corrected chi connectivity index (χ3v) is 30.8. The molecule has 0 aliphatic heterocycles. The molecular formula is C124H97N3O. The van der Waals surface area contributed by atoms with E-state index in [1.54, 1.807) is 0 Å². The highest BCUT2D eigenvalue weighted by molar-refractivity contribution is 6.08. The number of fused-ring (bicyclic) bond motifs is 22. The third kappa shape index (κ3) is 10.7. The minimum atomic E-state index is -0.327. The lowest BCUT2D eigenvalue weighted by atomic mass is 9.79. The predicted octanol–water partition coefficient (Wildman–Crippen LogP) is 34.0. The SMILES string of the molecule is CC1(C)c2ccccc2-c2ccc(N(c3ccccc3)c3cccc4c3-c3cc5c(cc3C4(C)C)-c3c(N(c4ccccc4)c4ccc6c(c4)C(C)(C)c4cccc(-c7ccc8c(-c9ccc(N(c%10ccc(-c%11ccc%12oc%13ccccc%13c%12c%11)cc%10)c%10cccc%11c%10C(C)(C)c%10cc%12c(cc%10-%11)C(C)(C)c%10ccccc%10-%12)cc9)cccc8c7)c4-6)cccc3C5(C)C)cc21. The molecule has 0 spiro atoms. The largest absolute Gasteiger partial charge is 0.456 e. The zero-order valence-corrected chi connectivity index (χ0v) is 74.5. The highest BCUT2D eigenvalue weighted by Crippen LogP contribution is 2.65. The van der Waals surface area contributed by atoms with Crippen molar-refractivity contribution in [2.75, 3.05) is 14.7 Å². The molecule has 0 saturated heterocycles. The van der Waals surface area contributed by atoms with E-state index in [1.165, 1.54) is 184 Å². The minimum Gasteiger partial charge on any atom is -0.456 e. The highest BCUT2D eigenvalue weighted by atomic mass is 16.3. The van der Waals surface area contributed by atoms with Crippen molar-refractivity contribution < 1.29 is 4.42 Å². The average Bonchev–Trinajstić information content (AvgIpc) is 1.53. The molecule has 1 aromatic heterocycles. The molecule has 128 heavy (non-hydrogen) atoms. The van der Waals surface area contributed by atoms with Gasteiger partial charge in [0.05, 0.1) is 17.1 Å². The summed E-state index contributed by atoms with van der Waals surface area (Å²) >= 11 is 0. The van der Waals surface area contributed by atoms with E-state index >= 15 is 0 Å². The molecule has 18 aromatic carbocycles. The molecule has 0 amide bonds. The molecule has 25 rings (SSSR count). The van der Waals surface area contributed by atoms with E-state index in [2.05, 4.69) is 462 Å². The number of para-hydroxylation sites is 3. The quantitative estimate of drug-likeness (QED) is 0.122. The standard InChI is InChI=1S/C124H97N3O/c1-119(2)99-41-22-19-35-88(99)90-63-60-83(68-104(90)119)126(79-31-15-13-16-32-79)110-46-28-44-102-116(110)97-72-109-98(73-108(97)122(102,7)8)117-103(123(109,9)10)45-29-47-111(117)127(80-33-17-14-18-34-80)84-61-64-93-105(69-84)121(5,6)101-43-26-39-87(115(93)101)78-54-62-86-77(66-78)30-25-38-85(86)75-52-58-82(59-53-75)125(81-56-50-74(51-57-81)76-55-65-114-96(67-76)91-37-21-24-49-113(91)128-114)112-48-27-40-92-95-71-106-94(70-107(95)124(11,12)118(92)112)89-36-20-23-42-100(89)120(106,3)4/h13-73H,1-12H3. The van der Waals surface area contributed by atoms with Crippen LogP contribution in [0.1, 0.15) is 150 Å². The summed E-state index contributed by atoms with van der Waals surface area (Å²) in [5.74, 6) is 0. The second-order valence-electron chi connectivity index (χ2n) is 39.8. The van der Waals surface area contributed by atoms with Crippen molar-refractivity contribution in [3.8, 4) is 100 Å². The fourth-order valence-electron chi connectivity index (χ4n) is 24.3. The molecule has 0 fully saturated rings. The lowest BCUT2D eigenvalue weighted by Gasteiger charge is -2.32. The van der Waals surface area contributed by atoms with Crippen LogP contribution < -0.4 is 14.7 Å². The summed E-state index contributed by atoms with van der Waals surface area (Å²) in [6.45, 7) is 29.1. The maximum Gasteiger partial charge on any atom is 0.135 e. The predicted molar refractivity (Wildman–Crippen MR) is 537 cm³/mol. The van der Waals surface area contributed by atoms with Crippen molar-refractivity contribution in [1.29, 1.82) is 0 Å². The van der Waals surface area contributed by atoms with Crippen molar-refractivity contribution in [2.45, 2.75) is 116 Å². The third-order valence-electron chi connectivity index (χ3n) is 30.8. The second-order valence-corrected chi connectivity index (χ2v) is 39.8. The van der Waals surface area contributed by atoms with E-state index in [4.69, 9.17) is 4.42 Å². The summed E-state index contributed by atoms with van der Waals surface area (Å²) in [6.07, 6.45) is 0. The smallest absolute Gasteiger partial charge is 0.135 e. The van der Waals surface area contributed by atoms with Gasteiger partial charge in [-0.25, -0.2) is 0 Å². The molecule has 0 unspecified atom stereocenters. The van der Waals surface area contributed by atoms with Crippen molar-refractivity contribution in [1.82, 2.24) is 0 Å². The van der Waals surface area contributed by atoms with E-state index < -0.39 is 0 Å². The van der Waals surface area contributed by atoms with Gasteiger partial charge in [0.1, 0.15) is 11.2 Å². The Kier molecular flexibility index (Phi) is 16.0. The van der Waals surface area contributed by atoms with Gasteiger partial charge < -0.3 is 19.1 Å². The van der Waals surface area contributed by atoms with Crippen LogP contribution in [0.25, 0.3) is 133 Å². The van der Waals surface area contributed by atoms with E-state index in [-0.39, 0.29) is 32.5 Å². The normalized spacial score (nSPS) is 15.4. The van der Waals surface area contributed by atoms with Crippen LogP contribution in [0.15, 0.2) is 374 Å². The zero-order valence-electron chi connectivity index (χ0n) is 74.5. The van der Waals surface area contributed by atoms with Crippen molar-refractivity contribution in [3.63, 3.8) is 0 Å². The molecule has 6 aliphatic rings. The van der Waals surface area contributed by atoms with Gasteiger partial charge in [-0.15, -0.1) is 0 Å². The first-order valence-corrected chi connectivity index (χ1v) is 45.6. The van der Waals surface area contributed by atoms with Gasteiger partial charge in [-0.2, -0.15) is 0 Å². The van der Waals surface area contributed by atoms with Crippen LogP contribution >= 0.6 is 0 Å². The Morgan fingerprint density at radius 3 is 1.18 bits per heavy atom. The van der Waals surface area contributed by atoms with Crippen LogP contribution in [0.5, 0.6) is 0 Å². The molecule has 1 heterocycles. The van der Waals surface area contributed by atoms with Crippen LogP contribution in [-0.4, -0.2) is 0 Å². The number of anilines is 9. The van der Waals surface area contributed by atoms with Gasteiger partial charge in [-0.05, 0) is 306 Å². The number of nitrogens with zero attached hydrogens (tertiary/aromatic N) is 3. The Hall–Kier alpha value is -14.6. The maximum absolute atomic E-state index is 6.30. The van der Waals surface area contributed by atoms with Crippen molar-refractivity contribution in [2.24, 2.45) is 0 Å². The van der Waals surface area contributed by atoms with Gasteiger partial charge >= 0.3 is 0 Å². The minimum absolute atomic E-state index is 0.121. The highest BCUT2D eigenvalue weighted by Gasteiger charge is 2.48. The number of hydrogen-bond acceptors (Lipinski definition) is 4. The summed E-state index contributed by atoms with van der Waals surface area (Å²) in [5.41, 5.74) is 49.7. The Labute approximate surface area is 750 Å². The van der Waals surface area contributed by atoms with E-state index in [1.807, 2.05) is 6.07 Å². The topological polar surface area (TPSA) is 22.9 Å². The Morgan fingerprint density at radius 1 is 0.180 bits per heavy atom. The van der Waals surface area contributed by atoms with Crippen molar-refractivity contribution >= 4 is 83.9 Å². The Bertz CT molecular complexity index is 7980. The lowest BCUT2D eigenvalue weighted by molar-refractivity contribution is 0.652. The molecule has 19 aromatic rings. The first-order valence-electron chi connectivity index (χ1n) is 45.6. The molecule has 0 radical (unpaired) electrons. The summed E-state index contributed by atoms with van der Waals surface area (Å²) in [7, 11) is 0. The summed E-state index contributed by atoms with van der Waals surface area (Å²) in [4.78, 5) is 7.59. The van der Waals surface area contributed by atoms with E-state index in [9.17, 15) is 0 Å². The number of rotatable bonds is 12. The number of benzene rings is 18. The van der Waals surface area contributed by atoms with Gasteiger partial charge in [0.15, 0.2) is 0 Å². The maximum atomic E-state index is 6.30. The number of hydrogen-bond donors (Lipinski definition) is 0. The molecule has 614 valence electrons. The van der Waals surface area contributed by atoms with Crippen LogP contribution in [0.4, 0.5) is 51.2 Å². The van der Waals surface area contributed by atoms with Gasteiger partial charge in [0.25, 0.3) is 0 Å². The molecule has 4 nitrogen and oxygen atoms in total. The van der Waals surface area contributed by atoms with E-state index in [0.717, 1.165) is 67.2 Å². The first-order chi connectivity index (χ1) is 62.0. The van der Waals surface area contributed by atoms with Gasteiger partial charge in [0, 0.05) is 88.5 Å². The molecular weight excluding hydrogens is 1550 g/mol. The van der Waals surface area contributed by atoms with E-state index in [0.29, 0.717) is 0 Å². The van der Waals surface area contributed by atoms with Crippen LogP contribution in [0, 0.1) is 0 Å². The monoisotopic (exact) mass is 1640 g/mol. The van der Waals surface area contributed by atoms with Gasteiger partial charge in [-0.1, -0.05) is 314 Å². The first kappa shape index (κ1) is 75.9. The Balaban J connectivity index is 0.560. The lowest BCUT2D eigenvalue weighted by Crippen LogP contribution is -2.21. The molecule has 0 saturated carbocycles. The summed E-state index contributed by atoms with van der Waals surface area (Å²) in [6, 6.07) is 141. The molecule has 0 bridgehead atoms. The van der Waals surface area contributed by atoms with Gasteiger partial charge in [-0.3, -0.25) is 0 Å². The number of furan rings is 1. The van der Waals surface area contributed by atoms with Crippen molar-refractivity contribution in [3.05, 3.63) is 437 Å². The second kappa shape index (κ2) is 27.0. The molecule has 4 heteroatoms. The fourth-order valence-corrected chi connectivity index (χ4v) is 24.3. The average molecular weight is 1650 g/mol. The van der Waals surface area contributed by atoms with Crippen LogP contribution in [0.3, 0.4) is 0 Å². The molecule has 6 aliphatic carbocycles. The fraction of sp³-hybridized carbons (Fsp3) is 0.145. The summed E-state index contributed by atoms with van der Waals surface area (Å²) in [5, 5.41) is 4.67.